The van der Waals surface area contributed by atoms with Gasteiger partial charge in [0.1, 0.15) is 11.7 Å². The molecule has 4 bridgehead atoms. The quantitative estimate of drug-likeness (QED) is 0.421. The molecule has 7 atom stereocenters. The molecule has 1 unspecified atom stereocenters. The topological polar surface area (TPSA) is 101 Å². The van der Waals surface area contributed by atoms with Gasteiger partial charge in [-0.1, -0.05) is 51.0 Å². The van der Waals surface area contributed by atoms with Crippen molar-refractivity contribution in [2.24, 2.45) is 45.8 Å². The molecule has 3 saturated carbocycles. The maximum Gasteiger partial charge on any atom is 0.335 e. The van der Waals surface area contributed by atoms with Crippen LogP contribution in [0.2, 0.25) is 0 Å². The molecule has 0 radical (unpaired) electrons. The van der Waals surface area contributed by atoms with Crippen molar-refractivity contribution in [3.05, 3.63) is 47.0 Å². The van der Waals surface area contributed by atoms with E-state index in [2.05, 4.69) is 13.0 Å². The molecule has 182 valence electrons. The lowest BCUT2D eigenvalue weighted by Crippen LogP contribution is -2.63. The third-order valence-corrected chi connectivity index (χ3v) is 9.92. The summed E-state index contributed by atoms with van der Waals surface area (Å²) in [5.41, 5.74) is -0.951. The van der Waals surface area contributed by atoms with Gasteiger partial charge in [0, 0.05) is 5.41 Å². The Bertz CT molecular complexity index is 1070. The number of hydrogen-bond acceptors (Lipinski definition) is 4. The molecule has 5 rings (SSSR count). The highest BCUT2D eigenvalue weighted by Gasteiger charge is 2.84. The van der Waals surface area contributed by atoms with Gasteiger partial charge in [0.25, 0.3) is 0 Å². The second-order valence-electron chi connectivity index (χ2n) is 11.5. The van der Waals surface area contributed by atoms with E-state index in [1.807, 2.05) is 19.9 Å². The van der Waals surface area contributed by atoms with Crippen LogP contribution in [-0.4, -0.2) is 35.0 Å². The Morgan fingerprint density at radius 2 is 1.97 bits per heavy atom. The predicted molar refractivity (Wildman–Crippen MR) is 125 cm³/mol. The number of ether oxygens (including phenoxy) is 1. The lowest BCUT2D eigenvalue weighted by molar-refractivity contribution is -0.187. The van der Waals surface area contributed by atoms with Crippen molar-refractivity contribution >= 4 is 18.2 Å². The molecule has 3 fully saturated rings. The van der Waals surface area contributed by atoms with Crippen LogP contribution in [0.3, 0.4) is 0 Å². The summed E-state index contributed by atoms with van der Waals surface area (Å²) in [5, 5.41) is 20.3. The zero-order chi connectivity index (χ0) is 24.5. The Morgan fingerprint density at radius 1 is 1.21 bits per heavy atom. The second-order valence-corrected chi connectivity index (χ2v) is 11.5. The summed E-state index contributed by atoms with van der Waals surface area (Å²) in [6, 6.07) is 6.66. The van der Waals surface area contributed by atoms with Gasteiger partial charge in [0.05, 0.1) is 24.2 Å². The van der Waals surface area contributed by atoms with Gasteiger partial charge in [-0.15, -0.1) is 0 Å². The fourth-order valence-electron chi connectivity index (χ4n) is 8.78. The van der Waals surface area contributed by atoms with E-state index in [0.717, 1.165) is 36.7 Å². The smallest absolute Gasteiger partial charge is 0.335 e. The molecule has 0 aromatic heterocycles. The summed E-state index contributed by atoms with van der Waals surface area (Å²) in [6.07, 6.45) is 6.48. The maximum absolute atomic E-state index is 13.4. The average molecular weight is 467 g/mol. The van der Waals surface area contributed by atoms with Gasteiger partial charge in [-0.3, -0.25) is 4.79 Å². The first kappa shape index (κ1) is 23.3. The van der Waals surface area contributed by atoms with Crippen LogP contribution in [0.1, 0.15) is 62.4 Å². The van der Waals surface area contributed by atoms with Crippen LogP contribution >= 0.6 is 0 Å². The fraction of sp³-hybridized carbons (Fsp3) is 0.607. The highest BCUT2D eigenvalue weighted by atomic mass is 16.5. The lowest BCUT2D eigenvalue weighted by Gasteiger charge is -2.58. The normalized spacial score (nSPS) is 39.7. The van der Waals surface area contributed by atoms with E-state index in [4.69, 9.17) is 4.74 Å². The van der Waals surface area contributed by atoms with Crippen molar-refractivity contribution in [1.29, 1.82) is 0 Å². The summed E-state index contributed by atoms with van der Waals surface area (Å²) in [7, 11) is 0. The van der Waals surface area contributed by atoms with E-state index in [1.54, 1.807) is 18.2 Å². The number of rotatable bonds is 8. The summed E-state index contributed by atoms with van der Waals surface area (Å²) in [5.74, 6) is -0.965. The number of carboxylic acids is 2. The van der Waals surface area contributed by atoms with Gasteiger partial charge in [-0.05, 0) is 66.5 Å². The molecule has 6 heteroatoms. The molecule has 4 aliphatic rings. The minimum atomic E-state index is -1.24. The zero-order valence-electron chi connectivity index (χ0n) is 20.1. The van der Waals surface area contributed by atoms with Gasteiger partial charge in [0.15, 0.2) is 0 Å². The standard InChI is InChI=1S/C28H34O6/c1-16(2)23-10-20-11-26(14-29)22-8-7-17(3)21(22)12-27(20,28(23,26)25(32)33)15-34-13-18-5-4-6-19(9-18)24(30)31/h4-6,9-10,14,16-17,20-22H,7-8,11-13,15H2,1-3H3,(H,30,31)(H,32,33)/t17-,20+,21-,22-,26-,27?,28+/m1/s1. The molecule has 0 spiro atoms. The summed E-state index contributed by atoms with van der Waals surface area (Å²) in [6.45, 7) is 6.77. The van der Waals surface area contributed by atoms with Gasteiger partial charge in [-0.25, -0.2) is 4.79 Å². The lowest BCUT2D eigenvalue weighted by atomic mass is 9.43. The molecular formula is C28H34O6. The van der Waals surface area contributed by atoms with Gasteiger partial charge >= 0.3 is 11.9 Å². The first-order chi connectivity index (χ1) is 16.1. The minimum absolute atomic E-state index is 0.00523. The van der Waals surface area contributed by atoms with Crippen molar-refractivity contribution in [2.75, 3.05) is 6.61 Å². The molecule has 0 saturated heterocycles. The summed E-state index contributed by atoms with van der Waals surface area (Å²) >= 11 is 0. The van der Waals surface area contributed by atoms with Crippen molar-refractivity contribution in [3.8, 4) is 0 Å². The largest absolute Gasteiger partial charge is 0.481 e. The number of carboxylic acid groups (broad SMARTS) is 2. The third kappa shape index (κ3) is 2.69. The van der Waals surface area contributed by atoms with E-state index in [0.29, 0.717) is 18.3 Å². The van der Waals surface area contributed by atoms with Crippen LogP contribution in [0.4, 0.5) is 0 Å². The Labute approximate surface area is 200 Å². The number of hydrogen-bond donors (Lipinski definition) is 2. The molecule has 4 aliphatic carbocycles. The molecule has 0 aliphatic heterocycles. The summed E-state index contributed by atoms with van der Waals surface area (Å²) in [4.78, 5) is 37.7. The van der Waals surface area contributed by atoms with E-state index < -0.39 is 28.2 Å². The predicted octanol–water partition coefficient (Wildman–Crippen LogP) is 4.83. The minimum Gasteiger partial charge on any atom is -0.481 e. The number of carbonyl (C=O) groups is 3. The van der Waals surface area contributed by atoms with Crippen LogP contribution < -0.4 is 0 Å². The molecule has 34 heavy (non-hydrogen) atoms. The highest BCUT2D eigenvalue weighted by Crippen LogP contribution is 2.82. The molecule has 1 aromatic rings. The first-order valence-electron chi connectivity index (χ1n) is 12.5. The van der Waals surface area contributed by atoms with Crippen molar-refractivity contribution < 1.29 is 29.3 Å². The SMILES string of the molecule is CC(C)C1=C[C@H]2C[C@@]3(C=O)[C@@H]4CC[C@@H](C)[C@H]4CC2(COCc2cccc(C(=O)O)c2)[C@]13C(=O)O. The molecule has 1 aromatic carbocycles. The Kier molecular flexibility index (Phi) is 5.32. The molecule has 6 nitrogen and oxygen atoms in total. The number of fused-ring (bicyclic) bond motifs is 2. The molecule has 0 heterocycles. The van der Waals surface area contributed by atoms with Crippen LogP contribution in [0, 0.1) is 45.8 Å². The number of aliphatic carboxylic acids is 1. The first-order valence-corrected chi connectivity index (χ1v) is 12.5. The van der Waals surface area contributed by atoms with Crippen molar-refractivity contribution in [3.63, 3.8) is 0 Å². The van der Waals surface area contributed by atoms with E-state index in [9.17, 15) is 24.6 Å². The number of aromatic carboxylic acids is 1. The van der Waals surface area contributed by atoms with Gasteiger partial charge < -0.3 is 19.7 Å². The molecule has 0 amide bonds. The average Bonchev–Trinajstić information content (AvgIpc) is 3.36. The highest BCUT2D eigenvalue weighted by molar-refractivity contribution is 5.90. The van der Waals surface area contributed by atoms with Crippen molar-refractivity contribution in [1.82, 2.24) is 0 Å². The maximum atomic E-state index is 13.4. The number of benzene rings is 1. The Morgan fingerprint density at radius 3 is 2.62 bits per heavy atom. The van der Waals surface area contributed by atoms with E-state index >= 15 is 0 Å². The molecule has 2 N–H and O–H groups in total. The molecular weight excluding hydrogens is 432 g/mol. The fourth-order valence-corrected chi connectivity index (χ4v) is 8.78. The van der Waals surface area contributed by atoms with E-state index in [1.165, 1.54) is 0 Å². The van der Waals surface area contributed by atoms with Crippen LogP contribution in [0.15, 0.2) is 35.9 Å². The second kappa shape index (κ2) is 7.77. The monoisotopic (exact) mass is 466 g/mol. The van der Waals surface area contributed by atoms with Crippen LogP contribution in [0.25, 0.3) is 0 Å². The van der Waals surface area contributed by atoms with E-state index in [-0.39, 0.29) is 36.5 Å². The van der Waals surface area contributed by atoms with Crippen LogP contribution in [-0.2, 0) is 20.9 Å². The Hall–Kier alpha value is -2.47. The summed E-state index contributed by atoms with van der Waals surface area (Å²) < 4.78 is 6.27. The number of aldehydes is 1. The number of carbonyl (C=O) groups excluding carboxylic acids is 1. The third-order valence-electron chi connectivity index (χ3n) is 9.92. The van der Waals surface area contributed by atoms with Crippen molar-refractivity contribution in [2.45, 2.75) is 53.1 Å². The zero-order valence-corrected chi connectivity index (χ0v) is 20.1. The van der Waals surface area contributed by atoms with Gasteiger partial charge in [0.2, 0.25) is 0 Å². The van der Waals surface area contributed by atoms with Crippen LogP contribution in [0.5, 0.6) is 0 Å². The van der Waals surface area contributed by atoms with Gasteiger partial charge in [-0.2, -0.15) is 0 Å². The Balaban J connectivity index is 1.56. The number of allylic oxidation sites excluding steroid dienone is 1.